The van der Waals surface area contributed by atoms with Gasteiger partial charge in [0.25, 0.3) is 0 Å². The van der Waals surface area contributed by atoms with Crippen molar-refractivity contribution in [3.8, 4) is 0 Å². The van der Waals surface area contributed by atoms with E-state index in [1.165, 1.54) is 18.5 Å². The summed E-state index contributed by atoms with van der Waals surface area (Å²) in [5, 5.41) is 0. The van der Waals surface area contributed by atoms with Gasteiger partial charge in [0.05, 0.1) is 11.1 Å². The highest BCUT2D eigenvalue weighted by Gasteiger charge is 2.31. The van der Waals surface area contributed by atoms with Crippen LogP contribution in [0.2, 0.25) is 0 Å². The van der Waals surface area contributed by atoms with E-state index in [0.717, 1.165) is 12.1 Å². The molecule has 104 valence electrons. The predicted molar refractivity (Wildman–Crippen MR) is 67.9 cm³/mol. The summed E-state index contributed by atoms with van der Waals surface area (Å²) >= 11 is 0. The number of ketones is 1. The normalized spacial score (nSPS) is 11.3. The van der Waals surface area contributed by atoms with Gasteiger partial charge in [0.2, 0.25) is 0 Å². The van der Waals surface area contributed by atoms with Gasteiger partial charge in [0.15, 0.2) is 5.78 Å². The largest absolute Gasteiger partial charge is 0.416 e. The van der Waals surface area contributed by atoms with Crippen molar-refractivity contribution >= 4 is 17.2 Å². The second kappa shape index (κ2) is 4.84. The lowest BCUT2D eigenvalue weighted by Crippen LogP contribution is -2.12. The number of carbonyl (C=O) groups excluding carboxylic acids is 1. The molecule has 0 aliphatic heterocycles. The van der Waals surface area contributed by atoms with Crippen molar-refractivity contribution in [3.63, 3.8) is 0 Å². The van der Waals surface area contributed by atoms with Crippen LogP contribution < -0.4 is 11.5 Å². The van der Waals surface area contributed by atoms with E-state index in [-0.39, 0.29) is 22.5 Å². The van der Waals surface area contributed by atoms with Gasteiger partial charge in [-0.05, 0) is 24.3 Å². The molecule has 0 amide bonds. The molecular formula is C13H10F3N3O. The molecule has 0 bridgehead atoms. The van der Waals surface area contributed by atoms with E-state index in [1.807, 2.05) is 0 Å². The Bertz CT molecular complexity index is 668. The Hall–Kier alpha value is -2.57. The molecule has 0 spiro atoms. The van der Waals surface area contributed by atoms with Gasteiger partial charge in [-0.1, -0.05) is 0 Å². The third kappa shape index (κ3) is 2.56. The van der Waals surface area contributed by atoms with Gasteiger partial charge in [-0.3, -0.25) is 9.78 Å². The maximum Gasteiger partial charge on any atom is 0.416 e. The van der Waals surface area contributed by atoms with Crippen molar-refractivity contribution in [2.24, 2.45) is 0 Å². The number of hydrogen-bond donors (Lipinski definition) is 2. The lowest BCUT2D eigenvalue weighted by atomic mass is 9.99. The summed E-state index contributed by atoms with van der Waals surface area (Å²) in [6, 6.07) is 3.96. The average molecular weight is 281 g/mol. The number of aromatic nitrogens is 1. The summed E-state index contributed by atoms with van der Waals surface area (Å²) in [6.45, 7) is 0. The van der Waals surface area contributed by atoms with Crippen LogP contribution in [-0.4, -0.2) is 10.8 Å². The molecule has 1 heterocycles. The van der Waals surface area contributed by atoms with Gasteiger partial charge in [-0.15, -0.1) is 0 Å². The first-order valence-corrected chi connectivity index (χ1v) is 5.51. The molecule has 0 saturated carbocycles. The molecule has 0 saturated heterocycles. The molecule has 0 fully saturated rings. The second-order valence-electron chi connectivity index (χ2n) is 4.09. The highest BCUT2D eigenvalue weighted by atomic mass is 19.4. The first-order valence-electron chi connectivity index (χ1n) is 5.51. The van der Waals surface area contributed by atoms with Gasteiger partial charge in [0.1, 0.15) is 0 Å². The smallest absolute Gasteiger partial charge is 0.398 e. The van der Waals surface area contributed by atoms with Crippen LogP contribution in [0.4, 0.5) is 24.5 Å². The molecule has 1 aromatic carbocycles. The number of carbonyl (C=O) groups is 1. The highest BCUT2D eigenvalue weighted by molar-refractivity contribution is 6.14. The van der Waals surface area contributed by atoms with E-state index >= 15 is 0 Å². The molecule has 0 aliphatic carbocycles. The van der Waals surface area contributed by atoms with Gasteiger partial charge < -0.3 is 11.5 Å². The van der Waals surface area contributed by atoms with E-state index in [1.54, 1.807) is 0 Å². The maximum atomic E-state index is 12.7. The van der Waals surface area contributed by atoms with Crippen LogP contribution in [0.5, 0.6) is 0 Å². The van der Waals surface area contributed by atoms with Crippen LogP contribution in [0.3, 0.4) is 0 Å². The van der Waals surface area contributed by atoms with Crippen molar-refractivity contribution in [1.82, 2.24) is 4.98 Å². The molecule has 0 aliphatic rings. The number of anilines is 2. The molecule has 4 nitrogen and oxygen atoms in total. The number of nitrogens with zero attached hydrogens (tertiary/aromatic N) is 1. The topological polar surface area (TPSA) is 82.0 Å². The zero-order valence-corrected chi connectivity index (χ0v) is 10.1. The third-order valence-corrected chi connectivity index (χ3v) is 2.72. The lowest BCUT2D eigenvalue weighted by Gasteiger charge is -2.11. The second-order valence-corrected chi connectivity index (χ2v) is 4.09. The Morgan fingerprint density at radius 2 is 1.70 bits per heavy atom. The fourth-order valence-electron chi connectivity index (χ4n) is 1.67. The fourth-order valence-corrected chi connectivity index (χ4v) is 1.67. The summed E-state index contributed by atoms with van der Waals surface area (Å²) in [5.74, 6) is -0.695. The van der Waals surface area contributed by atoms with E-state index in [4.69, 9.17) is 11.5 Å². The van der Waals surface area contributed by atoms with Crippen molar-refractivity contribution in [2.75, 3.05) is 11.5 Å². The number of pyridine rings is 1. The van der Waals surface area contributed by atoms with E-state index in [9.17, 15) is 18.0 Å². The molecular weight excluding hydrogens is 271 g/mol. The summed E-state index contributed by atoms with van der Waals surface area (Å²) in [7, 11) is 0. The molecule has 0 atom stereocenters. The third-order valence-electron chi connectivity index (χ3n) is 2.72. The molecule has 1 aromatic heterocycles. The fraction of sp³-hybridized carbons (Fsp3) is 0.0769. The first-order chi connectivity index (χ1) is 9.30. The number of alkyl halides is 3. The summed E-state index contributed by atoms with van der Waals surface area (Å²) < 4.78 is 38.0. The Morgan fingerprint density at radius 3 is 2.30 bits per heavy atom. The quantitative estimate of drug-likeness (QED) is 0.654. The van der Waals surface area contributed by atoms with Crippen molar-refractivity contribution in [3.05, 3.63) is 53.3 Å². The van der Waals surface area contributed by atoms with Crippen molar-refractivity contribution < 1.29 is 18.0 Å². The number of hydrogen-bond acceptors (Lipinski definition) is 4. The first kappa shape index (κ1) is 13.9. The van der Waals surface area contributed by atoms with E-state index in [2.05, 4.69) is 4.98 Å². The molecule has 0 radical (unpaired) electrons. The predicted octanol–water partition coefficient (Wildman–Crippen LogP) is 2.50. The van der Waals surface area contributed by atoms with Crippen LogP contribution in [0, 0.1) is 0 Å². The summed E-state index contributed by atoms with van der Waals surface area (Å²) in [6.07, 6.45) is -1.98. The van der Waals surface area contributed by atoms with Gasteiger partial charge in [-0.25, -0.2) is 0 Å². The molecule has 0 unspecified atom stereocenters. The number of benzene rings is 1. The Kier molecular flexibility index (Phi) is 3.35. The minimum Gasteiger partial charge on any atom is -0.398 e. The van der Waals surface area contributed by atoms with Gasteiger partial charge in [0, 0.05) is 29.3 Å². The van der Waals surface area contributed by atoms with Crippen LogP contribution >= 0.6 is 0 Å². The molecule has 7 heteroatoms. The standard InChI is InChI=1S/C13H10F3N3O/c14-13(15,16)7-1-2-10(17)8(5-7)12(20)9-6-19-4-3-11(9)18/h1-6H,17H2,(H2,18,19). The zero-order chi connectivity index (χ0) is 14.9. The number of nitrogens with two attached hydrogens (primary N) is 2. The van der Waals surface area contributed by atoms with Gasteiger partial charge in [-0.2, -0.15) is 13.2 Å². The van der Waals surface area contributed by atoms with E-state index < -0.39 is 17.5 Å². The number of halogens is 3. The van der Waals surface area contributed by atoms with Crippen LogP contribution in [-0.2, 0) is 6.18 Å². The highest BCUT2D eigenvalue weighted by Crippen LogP contribution is 2.32. The average Bonchev–Trinajstić information content (AvgIpc) is 2.37. The summed E-state index contributed by atoms with van der Waals surface area (Å²) in [5.41, 5.74) is 10.1. The SMILES string of the molecule is Nc1ccncc1C(=O)c1cc(C(F)(F)F)ccc1N. The Balaban J connectivity index is 2.53. The number of nitrogen functional groups attached to an aromatic ring is 2. The maximum absolute atomic E-state index is 12.7. The van der Waals surface area contributed by atoms with Gasteiger partial charge >= 0.3 is 6.18 Å². The van der Waals surface area contributed by atoms with Crippen LogP contribution in [0.1, 0.15) is 21.5 Å². The van der Waals surface area contributed by atoms with Crippen molar-refractivity contribution in [1.29, 1.82) is 0 Å². The molecule has 2 aromatic rings. The molecule has 4 N–H and O–H groups in total. The molecule has 2 rings (SSSR count). The minimum absolute atomic E-state index is 0.0125. The summed E-state index contributed by atoms with van der Waals surface area (Å²) in [4.78, 5) is 15.9. The lowest BCUT2D eigenvalue weighted by molar-refractivity contribution is -0.137. The van der Waals surface area contributed by atoms with Crippen LogP contribution in [0.15, 0.2) is 36.7 Å². The van der Waals surface area contributed by atoms with Crippen molar-refractivity contribution in [2.45, 2.75) is 6.18 Å². The minimum atomic E-state index is -4.55. The Morgan fingerprint density at radius 1 is 1.05 bits per heavy atom. The Labute approximate surface area is 112 Å². The van der Waals surface area contributed by atoms with Crippen LogP contribution in [0.25, 0.3) is 0 Å². The number of rotatable bonds is 2. The molecule has 20 heavy (non-hydrogen) atoms. The monoisotopic (exact) mass is 281 g/mol. The zero-order valence-electron chi connectivity index (χ0n) is 10.1. The van der Waals surface area contributed by atoms with E-state index in [0.29, 0.717) is 6.07 Å².